The van der Waals surface area contributed by atoms with Crippen LogP contribution in [0.4, 0.5) is 8.78 Å². The Morgan fingerprint density at radius 1 is 1.28 bits per heavy atom. The van der Waals surface area contributed by atoms with Crippen molar-refractivity contribution >= 4 is 0 Å². The van der Waals surface area contributed by atoms with Gasteiger partial charge in [-0.1, -0.05) is 6.92 Å². The Balaban J connectivity index is 2.34. The fraction of sp³-hybridized carbons (Fsp3) is 0.538. The molecule has 0 aromatic heterocycles. The lowest BCUT2D eigenvalue weighted by molar-refractivity contribution is 0.162. The fourth-order valence-electron chi connectivity index (χ4n) is 2.51. The quantitative estimate of drug-likeness (QED) is 0.868. The van der Waals surface area contributed by atoms with Gasteiger partial charge in [0.2, 0.25) is 0 Å². The van der Waals surface area contributed by atoms with E-state index in [1.807, 2.05) is 6.92 Å². The Kier molecular flexibility index (Phi) is 4.14. The van der Waals surface area contributed by atoms with Gasteiger partial charge in [0.25, 0.3) is 0 Å². The molecule has 5 heteroatoms. The van der Waals surface area contributed by atoms with Crippen molar-refractivity contribution in [1.82, 2.24) is 10.2 Å². The van der Waals surface area contributed by atoms with Crippen molar-refractivity contribution in [3.63, 3.8) is 0 Å². The SMILES string of the molecule is CC[C@@H](c1c(F)ccc(F)c1O)N1CCNCC1. The van der Waals surface area contributed by atoms with Crippen LogP contribution in [0.2, 0.25) is 0 Å². The minimum atomic E-state index is -0.764. The van der Waals surface area contributed by atoms with E-state index < -0.39 is 17.4 Å². The molecule has 0 spiro atoms. The highest BCUT2D eigenvalue weighted by Crippen LogP contribution is 2.35. The van der Waals surface area contributed by atoms with Gasteiger partial charge in [0.1, 0.15) is 5.82 Å². The third-order valence-electron chi connectivity index (χ3n) is 3.43. The molecule has 1 heterocycles. The van der Waals surface area contributed by atoms with E-state index in [1.165, 1.54) is 0 Å². The molecule has 3 nitrogen and oxygen atoms in total. The van der Waals surface area contributed by atoms with Crippen molar-refractivity contribution in [2.75, 3.05) is 26.2 Å². The van der Waals surface area contributed by atoms with Crippen LogP contribution in [-0.4, -0.2) is 36.2 Å². The van der Waals surface area contributed by atoms with Gasteiger partial charge in [0.15, 0.2) is 11.6 Å². The van der Waals surface area contributed by atoms with Gasteiger partial charge in [-0.25, -0.2) is 8.78 Å². The number of nitrogens with one attached hydrogen (secondary N) is 1. The zero-order valence-corrected chi connectivity index (χ0v) is 10.4. The maximum absolute atomic E-state index is 13.9. The molecule has 0 radical (unpaired) electrons. The zero-order valence-electron chi connectivity index (χ0n) is 10.4. The van der Waals surface area contributed by atoms with Crippen LogP contribution in [0.15, 0.2) is 12.1 Å². The zero-order chi connectivity index (χ0) is 13.1. The molecule has 1 fully saturated rings. The number of rotatable bonds is 3. The molecule has 2 N–H and O–H groups in total. The van der Waals surface area contributed by atoms with Crippen molar-refractivity contribution in [2.45, 2.75) is 19.4 Å². The van der Waals surface area contributed by atoms with Crippen LogP contribution in [0.5, 0.6) is 5.75 Å². The number of benzene rings is 1. The summed E-state index contributed by atoms with van der Waals surface area (Å²) >= 11 is 0. The lowest BCUT2D eigenvalue weighted by Gasteiger charge is -2.35. The van der Waals surface area contributed by atoms with Gasteiger partial charge in [-0.05, 0) is 18.6 Å². The van der Waals surface area contributed by atoms with Gasteiger partial charge in [-0.2, -0.15) is 0 Å². The summed E-state index contributed by atoms with van der Waals surface area (Å²) in [6, 6.07) is 1.76. The molecule has 1 aromatic rings. The standard InChI is InChI=1S/C13H18F2N2O/c1-2-11(17-7-5-16-6-8-17)12-9(14)3-4-10(15)13(12)18/h3-4,11,16,18H,2,5-8H2,1H3/t11-/m0/s1. The molecule has 1 saturated heterocycles. The minimum absolute atomic E-state index is 0.0828. The summed E-state index contributed by atoms with van der Waals surface area (Å²) in [6.45, 7) is 5.11. The summed E-state index contributed by atoms with van der Waals surface area (Å²) in [5.41, 5.74) is 0.0828. The second-order valence-corrected chi connectivity index (χ2v) is 4.50. The monoisotopic (exact) mass is 256 g/mol. The Morgan fingerprint density at radius 3 is 2.50 bits per heavy atom. The molecule has 1 aromatic carbocycles. The molecule has 1 aliphatic heterocycles. The second-order valence-electron chi connectivity index (χ2n) is 4.50. The van der Waals surface area contributed by atoms with E-state index in [9.17, 15) is 13.9 Å². The van der Waals surface area contributed by atoms with Crippen LogP contribution in [0, 0.1) is 11.6 Å². The van der Waals surface area contributed by atoms with Crippen LogP contribution in [-0.2, 0) is 0 Å². The van der Waals surface area contributed by atoms with Gasteiger partial charge in [0.05, 0.1) is 0 Å². The first-order chi connectivity index (χ1) is 8.65. The molecule has 100 valence electrons. The number of piperazine rings is 1. The molecule has 1 atom stereocenters. The normalized spacial score (nSPS) is 18.8. The highest BCUT2D eigenvalue weighted by Gasteiger charge is 2.27. The van der Waals surface area contributed by atoms with Gasteiger partial charge in [-0.3, -0.25) is 4.90 Å². The van der Waals surface area contributed by atoms with Gasteiger partial charge in [0, 0.05) is 37.8 Å². The van der Waals surface area contributed by atoms with Crippen LogP contribution in [0.25, 0.3) is 0 Å². The highest BCUT2D eigenvalue weighted by molar-refractivity contribution is 5.37. The van der Waals surface area contributed by atoms with Gasteiger partial charge in [-0.15, -0.1) is 0 Å². The largest absolute Gasteiger partial charge is 0.505 e. The summed E-state index contributed by atoms with van der Waals surface area (Å²) in [4.78, 5) is 2.08. The molecule has 0 saturated carbocycles. The topological polar surface area (TPSA) is 35.5 Å². The minimum Gasteiger partial charge on any atom is -0.505 e. The Morgan fingerprint density at radius 2 is 1.89 bits per heavy atom. The lowest BCUT2D eigenvalue weighted by atomic mass is 10.00. The summed E-state index contributed by atoms with van der Waals surface area (Å²) in [6.07, 6.45) is 0.633. The first kappa shape index (κ1) is 13.2. The van der Waals surface area contributed by atoms with Gasteiger partial charge >= 0.3 is 0 Å². The first-order valence-corrected chi connectivity index (χ1v) is 6.26. The number of hydrogen-bond acceptors (Lipinski definition) is 3. The predicted molar refractivity (Wildman–Crippen MR) is 65.5 cm³/mol. The summed E-state index contributed by atoms with van der Waals surface area (Å²) in [5.74, 6) is -1.86. The van der Waals surface area contributed by atoms with Crippen molar-refractivity contribution in [3.8, 4) is 5.75 Å². The van der Waals surface area contributed by atoms with E-state index in [0.29, 0.717) is 6.42 Å². The maximum Gasteiger partial charge on any atom is 0.165 e. The molecule has 0 bridgehead atoms. The maximum atomic E-state index is 13.9. The average Bonchev–Trinajstić information content (AvgIpc) is 2.40. The van der Waals surface area contributed by atoms with Crippen molar-refractivity contribution in [2.24, 2.45) is 0 Å². The van der Waals surface area contributed by atoms with E-state index >= 15 is 0 Å². The van der Waals surface area contributed by atoms with Crippen LogP contribution in [0.1, 0.15) is 24.9 Å². The third-order valence-corrected chi connectivity index (χ3v) is 3.43. The number of phenols is 1. The molecule has 18 heavy (non-hydrogen) atoms. The Labute approximate surface area is 105 Å². The number of hydrogen-bond donors (Lipinski definition) is 2. The lowest BCUT2D eigenvalue weighted by Crippen LogP contribution is -2.45. The molecule has 0 unspecified atom stereocenters. The summed E-state index contributed by atoms with van der Waals surface area (Å²) < 4.78 is 27.2. The second kappa shape index (κ2) is 5.63. The third kappa shape index (κ3) is 2.47. The van der Waals surface area contributed by atoms with E-state index in [1.54, 1.807) is 0 Å². The number of nitrogens with zero attached hydrogens (tertiary/aromatic N) is 1. The molecule has 0 aliphatic carbocycles. The van der Waals surface area contributed by atoms with Crippen LogP contribution >= 0.6 is 0 Å². The molecular weight excluding hydrogens is 238 g/mol. The molecule has 0 amide bonds. The van der Waals surface area contributed by atoms with Crippen LogP contribution < -0.4 is 5.32 Å². The number of aromatic hydroxyl groups is 1. The van der Waals surface area contributed by atoms with E-state index in [2.05, 4.69) is 10.2 Å². The smallest absolute Gasteiger partial charge is 0.165 e. The number of phenolic OH excluding ortho intramolecular Hbond substituents is 1. The summed E-state index contributed by atoms with van der Waals surface area (Å²) in [5, 5.41) is 13.0. The fourth-order valence-corrected chi connectivity index (χ4v) is 2.51. The molecule has 2 rings (SSSR count). The molecular formula is C13H18F2N2O. The van der Waals surface area contributed by atoms with E-state index in [-0.39, 0.29) is 11.6 Å². The number of halogens is 2. The van der Waals surface area contributed by atoms with Crippen LogP contribution in [0.3, 0.4) is 0 Å². The summed E-state index contributed by atoms with van der Waals surface area (Å²) in [7, 11) is 0. The Hall–Kier alpha value is -1.20. The van der Waals surface area contributed by atoms with E-state index in [4.69, 9.17) is 0 Å². The van der Waals surface area contributed by atoms with Gasteiger partial charge < -0.3 is 10.4 Å². The van der Waals surface area contributed by atoms with E-state index in [0.717, 1.165) is 38.3 Å². The van der Waals surface area contributed by atoms with Crippen molar-refractivity contribution < 1.29 is 13.9 Å². The Bertz CT molecular complexity index is 420. The first-order valence-electron chi connectivity index (χ1n) is 6.26. The van der Waals surface area contributed by atoms with Crippen molar-refractivity contribution in [1.29, 1.82) is 0 Å². The highest BCUT2D eigenvalue weighted by atomic mass is 19.1. The average molecular weight is 256 g/mol. The predicted octanol–water partition coefficient (Wildman–Crippen LogP) is 2.03. The van der Waals surface area contributed by atoms with Crippen molar-refractivity contribution in [3.05, 3.63) is 29.3 Å². The molecule has 1 aliphatic rings.